The van der Waals surface area contributed by atoms with Crippen molar-refractivity contribution in [2.75, 3.05) is 0 Å². The summed E-state index contributed by atoms with van der Waals surface area (Å²) in [5.74, 6) is 0.223. The van der Waals surface area contributed by atoms with E-state index in [1.807, 2.05) is 13.8 Å². The maximum atomic E-state index is 9.84. The lowest BCUT2D eigenvalue weighted by Gasteiger charge is -2.19. The van der Waals surface area contributed by atoms with E-state index >= 15 is 0 Å². The van der Waals surface area contributed by atoms with Crippen LogP contribution in [0.2, 0.25) is 0 Å². The molecule has 0 aromatic heterocycles. The van der Waals surface area contributed by atoms with Crippen molar-refractivity contribution >= 4 is 0 Å². The molecule has 0 saturated carbocycles. The summed E-state index contributed by atoms with van der Waals surface area (Å²) >= 11 is 0. The third-order valence-electron chi connectivity index (χ3n) is 2.37. The number of aliphatic hydroxyl groups is 1. The number of aliphatic hydroxyl groups excluding tert-OH is 1. The molecular formula is C11H17NO2. The molecular weight excluding hydrogens is 178 g/mol. The molecule has 1 rings (SSSR count). The number of aryl methyl sites for hydroxylation is 2. The second kappa shape index (κ2) is 3.98. The van der Waals surface area contributed by atoms with Crippen molar-refractivity contribution in [3.05, 3.63) is 28.8 Å². The van der Waals surface area contributed by atoms with Gasteiger partial charge in [-0.2, -0.15) is 0 Å². The van der Waals surface area contributed by atoms with Gasteiger partial charge in [0, 0.05) is 6.04 Å². The van der Waals surface area contributed by atoms with Crippen molar-refractivity contribution in [2.24, 2.45) is 5.73 Å². The molecule has 0 saturated heterocycles. The zero-order valence-corrected chi connectivity index (χ0v) is 8.78. The smallest absolute Gasteiger partial charge is 0.116 e. The quantitative estimate of drug-likeness (QED) is 0.668. The highest BCUT2D eigenvalue weighted by atomic mass is 16.3. The minimum Gasteiger partial charge on any atom is -0.508 e. The summed E-state index contributed by atoms with van der Waals surface area (Å²) in [5, 5.41) is 19.2. The third kappa shape index (κ3) is 2.05. The summed E-state index contributed by atoms with van der Waals surface area (Å²) in [6.45, 7) is 5.47. The van der Waals surface area contributed by atoms with E-state index in [-0.39, 0.29) is 11.8 Å². The number of hydrogen-bond acceptors (Lipinski definition) is 3. The molecule has 78 valence electrons. The first-order valence-corrected chi connectivity index (χ1v) is 4.67. The van der Waals surface area contributed by atoms with Crippen LogP contribution in [0.1, 0.15) is 29.7 Å². The molecule has 0 heterocycles. The number of rotatable bonds is 2. The van der Waals surface area contributed by atoms with Gasteiger partial charge in [0.1, 0.15) is 5.75 Å². The molecule has 0 aliphatic carbocycles. The van der Waals surface area contributed by atoms with Crippen molar-refractivity contribution in [2.45, 2.75) is 32.9 Å². The Morgan fingerprint density at radius 3 is 2.00 bits per heavy atom. The summed E-state index contributed by atoms with van der Waals surface area (Å²) in [4.78, 5) is 0. The molecule has 3 nitrogen and oxygen atoms in total. The van der Waals surface area contributed by atoms with E-state index in [1.165, 1.54) is 0 Å². The Hall–Kier alpha value is -1.06. The van der Waals surface area contributed by atoms with Crippen LogP contribution in [0.15, 0.2) is 12.1 Å². The van der Waals surface area contributed by atoms with Gasteiger partial charge in [-0.25, -0.2) is 0 Å². The van der Waals surface area contributed by atoms with Crippen LogP contribution in [0, 0.1) is 13.8 Å². The number of benzene rings is 1. The summed E-state index contributed by atoms with van der Waals surface area (Å²) in [6, 6.07) is 2.96. The van der Waals surface area contributed by atoms with E-state index in [9.17, 15) is 10.2 Å². The predicted molar refractivity (Wildman–Crippen MR) is 56.2 cm³/mol. The van der Waals surface area contributed by atoms with Crippen LogP contribution in [0.5, 0.6) is 5.75 Å². The first-order valence-electron chi connectivity index (χ1n) is 4.67. The fraction of sp³-hybridized carbons (Fsp3) is 0.455. The molecule has 3 heteroatoms. The summed E-state index contributed by atoms with van der Waals surface area (Å²) < 4.78 is 0. The van der Waals surface area contributed by atoms with Gasteiger partial charge in [-0.1, -0.05) is 0 Å². The Kier molecular flexibility index (Phi) is 3.13. The summed E-state index contributed by atoms with van der Waals surface area (Å²) in [6.07, 6.45) is -0.671. The van der Waals surface area contributed by atoms with Crippen LogP contribution in [-0.4, -0.2) is 16.3 Å². The van der Waals surface area contributed by atoms with Gasteiger partial charge < -0.3 is 15.9 Å². The first kappa shape index (κ1) is 11.0. The molecule has 0 amide bonds. The van der Waals surface area contributed by atoms with E-state index in [1.54, 1.807) is 19.1 Å². The van der Waals surface area contributed by atoms with Gasteiger partial charge >= 0.3 is 0 Å². The van der Waals surface area contributed by atoms with Crippen molar-refractivity contribution in [1.29, 1.82) is 0 Å². The minimum absolute atomic E-state index is 0.223. The van der Waals surface area contributed by atoms with Crippen LogP contribution < -0.4 is 5.73 Å². The van der Waals surface area contributed by atoms with Gasteiger partial charge in [0.25, 0.3) is 0 Å². The van der Waals surface area contributed by atoms with Gasteiger partial charge in [-0.15, -0.1) is 0 Å². The SMILES string of the molecule is Cc1cc(O)cc(C)c1C(O)C(C)N. The standard InChI is InChI=1S/C11H17NO2/c1-6-4-9(13)5-7(2)10(6)11(14)8(3)12/h4-5,8,11,13-14H,12H2,1-3H3. The number of aromatic hydroxyl groups is 1. The molecule has 0 aliphatic rings. The fourth-order valence-corrected chi connectivity index (χ4v) is 1.68. The fourth-order valence-electron chi connectivity index (χ4n) is 1.68. The molecule has 0 bridgehead atoms. The van der Waals surface area contributed by atoms with Crippen LogP contribution in [0.4, 0.5) is 0 Å². The third-order valence-corrected chi connectivity index (χ3v) is 2.37. The first-order chi connectivity index (χ1) is 6.43. The lowest BCUT2D eigenvalue weighted by atomic mass is 9.94. The molecule has 0 spiro atoms. The van der Waals surface area contributed by atoms with Gasteiger partial charge in [0.05, 0.1) is 6.10 Å². The average Bonchev–Trinajstić information content (AvgIpc) is 2.01. The maximum absolute atomic E-state index is 9.84. The highest BCUT2D eigenvalue weighted by Gasteiger charge is 2.17. The number of phenolic OH excluding ortho intramolecular Hbond substituents is 1. The molecule has 2 unspecified atom stereocenters. The minimum atomic E-state index is -0.671. The van der Waals surface area contributed by atoms with Crippen LogP contribution >= 0.6 is 0 Å². The molecule has 0 fully saturated rings. The highest BCUT2D eigenvalue weighted by Crippen LogP contribution is 2.27. The number of nitrogens with two attached hydrogens (primary N) is 1. The molecule has 1 aromatic carbocycles. The lowest BCUT2D eigenvalue weighted by Crippen LogP contribution is -2.25. The zero-order valence-electron chi connectivity index (χ0n) is 8.78. The van der Waals surface area contributed by atoms with Crippen molar-refractivity contribution in [1.82, 2.24) is 0 Å². The Labute approximate surface area is 84.2 Å². The summed E-state index contributed by atoms with van der Waals surface area (Å²) in [5.41, 5.74) is 8.18. The molecule has 1 aromatic rings. The van der Waals surface area contributed by atoms with Crippen LogP contribution in [0.25, 0.3) is 0 Å². The Morgan fingerprint density at radius 2 is 1.64 bits per heavy atom. The van der Waals surface area contributed by atoms with E-state index in [0.717, 1.165) is 16.7 Å². The zero-order chi connectivity index (χ0) is 10.9. The normalized spacial score (nSPS) is 15.2. The predicted octanol–water partition coefficient (Wildman–Crippen LogP) is 1.39. The second-order valence-electron chi connectivity index (χ2n) is 3.80. The van der Waals surface area contributed by atoms with Gasteiger partial charge in [0.2, 0.25) is 0 Å². The van der Waals surface area contributed by atoms with Gasteiger partial charge in [-0.05, 0) is 49.6 Å². The Morgan fingerprint density at radius 1 is 1.21 bits per heavy atom. The van der Waals surface area contributed by atoms with Crippen molar-refractivity contribution in [3.63, 3.8) is 0 Å². The lowest BCUT2D eigenvalue weighted by molar-refractivity contribution is 0.152. The van der Waals surface area contributed by atoms with E-state index in [0.29, 0.717) is 0 Å². The van der Waals surface area contributed by atoms with Crippen molar-refractivity contribution in [3.8, 4) is 5.75 Å². The Balaban J connectivity index is 3.20. The largest absolute Gasteiger partial charge is 0.508 e. The van der Waals surface area contributed by atoms with Crippen molar-refractivity contribution < 1.29 is 10.2 Å². The number of phenols is 1. The van der Waals surface area contributed by atoms with Crippen LogP contribution in [-0.2, 0) is 0 Å². The number of hydrogen-bond donors (Lipinski definition) is 3. The maximum Gasteiger partial charge on any atom is 0.116 e. The topological polar surface area (TPSA) is 66.5 Å². The molecule has 2 atom stereocenters. The molecule has 4 N–H and O–H groups in total. The molecule has 0 radical (unpaired) electrons. The average molecular weight is 195 g/mol. The molecule has 0 aliphatic heterocycles. The van der Waals surface area contributed by atoms with E-state index in [4.69, 9.17) is 5.73 Å². The van der Waals surface area contributed by atoms with Gasteiger partial charge in [0.15, 0.2) is 0 Å². The highest BCUT2D eigenvalue weighted by molar-refractivity contribution is 5.42. The molecule has 14 heavy (non-hydrogen) atoms. The second-order valence-corrected chi connectivity index (χ2v) is 3.80. The van der Waals surface area contributed by atoms with E-state index < -0.39 is 6.10 Å². The van der Waals surface area contributed by atoms with Crippen LogP contribution in [0.3, 0.4) is 0 Å². The Bertz CT molecular complexity index is 311. The summed E-state index contributed by atoms with van der Waals surface area (Å²) in [7, 11) is 0. The monoisotopic (exact) mass is 195 g/mol. The van der Waals surface area contributed by atoms with Gasteiger partial charge in [-0.3, -0.25) is 0 Å². The van der Waals surface area contributed by atoms with E-state index in [2.05, 4.69) is 0 Å².